The van der Waals surface area contributed by atoms with E-state index in [1.165, 1.54) is 19.3 Å². The smallest absolute Gasteiger partial charge is 0.323 e. The average molecular weight is 253 g/mol. The zero-order chi connectivity index (χ0) is 13.4. The van der Waals surface area contributed by atoms with Gasteiger partial charge in [-0.25, -0.2) is 0 Å². The van der Waals surface area contributed by atoms with E-state index in [4.69, 9.17) is 10.5 Å². The second-order valence-electron chi connectivity index (χ2n) is 4.45. The third-order valence-electron chi connectivity index (χ3n) is 2.29. The standard InChI is InChI=1S/C12H23N5O/c1-4-5-6-7-8-14-11-15-10(13)16-12(17-11)18-9(2)3/h9H,4-8H2,1-3H3,(H3,13,14,15,16,17). The quantitative estimate of drug-likeness (QED) is 0.691. The minimum absolute atomic E-state index is 0.0178. The minimum atomic E-state index is 0.0178. The van der Waals surface area contributed by atoms with Gasteiger partial charge in [0.05, 0.1) is 6.10 Å². The fraction of sp³-hybridized carbons (Fsp3) is 0.750. The first kappa shape index (κ1) is 14.5. The molecular formula is C12H23N5O. The molecule has 6 nitrogen and oxygen atoms in total. The summed E-state index contributed by atoms with van der Waals surface area (Å²) in [5.74, 6) is 0.659. The van der Waals surface area contributed by atoms with Gasteiger partial charge in [0.2, 0.25) is 11.9 Å². The Bertz CT molecular complexity index is 356. The van der Waals surface area contributed by atoms with Gasteiger partial charge in [-0.15, -0.1) is 0 Å². The Kier molecular flexibility index (Phi) is 6.18. The Balaban J connectivity index is 2.46. The van der Waals surface area contributed by atoms with Crippen molar-refractivity contribution in [3.63, 3.8) is 0 Å². The number of nitrogen functional groups attached to an aromatic ring is 1. The molecule has 0 radical (unpaired) electrons. The maximum absolute atomic E-state index is 5.60. The molecule has 102 valence electrons. The molecule has 6 heteroatoms. The van der Waals surface area contributed by atoms with Crippen LogP contribution in [-0.4, -0.2) is 27.6 Å². The summed E-state index contributed by atoms with van der Waals surface area (Å²) in [5, 5.41) is 3.14. The van der Waals surface area contributed by atoms with Crippen LogP contribution in [0.4, 0.5) is 11.9 Å². The van der Waals surface area contributed by atoms with Crippen molar-refractivity contribution in [3.8, 4) is 6.01 Å². The molecule has 0 saturated carbocycles. The van der Waals surface area contributed by atoms with E-state index >= 15 is 0 Å². The third-order valence-corrected chi connectivity index (χ3v) is 2.29. The largest absolute Gasteiger partial charge is 0.461 e. The first-order chi connectivity index (χ1) is 8.61. The molecule has 0 aliphatic carbocycles. The number of hydrogen-bond acceptors (Lipinski definition) is 6. The van der Waals surface area contributed by atoms with Crippen LogP contribution < -0.4 is 15.8 Å². The molecule has 0 aliphatic rings. The van der Waals surface area contributed by atoms with Gasteiger partial charge >= 0.3 is 6.01 Å². The fourth-order valence-corrected chi connectivity index (χ4v) is 1.47. The van der Waals surface area contributed by atoms with Gasteiger partial charge in [-0.05, 0) is 20.3 Å². The zero-order valence-corrected chi connectivity index (χ0v) is 11.4. The highest BCUT2D eigenvalue weighted by Crippen LogP contribution is 2.10. The lowest BCUT2D eigenvalue weighted by atomic mass is 10.2. The molecule has 0 aromatic carbocycles. The normalized spacial score (nSPS) is 10.7. The van der Waals surface area contributed by atoms with Gasteiger partial charge in [-0.3, -0.25) is 0 Å². The lowest BCUT2D eigenvalue weighted by Gasteiger charge is -2.10. The van der Waals surface area contributed by atoms with Crippen molar-refractivity contribution < 1.29 is 4.74 Å². The topological polar surface area (TPSA) is 86.0 Å². The number of anilines is 2. The second kappa shape index (κ2) is 7.68. The van der Waals surface area contributed by atoms with Gasteiger partial charge in [0, 0.05) is 6.54 Å². The average Bonchev–Trinajstić information content (AvgIpc) is 2.27. The molecule has 0 unspecified atom stereocenters. The Morgan fingerprint density at radius 1 is 1.17 bits per heavy atom. The lowest BCUT2D eigenvalue weighted by molar-refractivity contribution is 0.222. The molecule has 1 aromatic heterocycles. The van der Waals surface area contributed by atoms with E-state index in [0.717, 1.165) is 13.0 Å². The molecule has 0 fully saturated rings. The summed E-state index contributed by atoms with van der Waals surface area (Å²) in [6.45, 7) is 6.86. The molecule has 0 bridgehead atoms. The summed E-state index contributed by atoms with van der Waals surface area (Å²) < 4.78 is 5.40. The molecular weight excluding hydrogens is 230 g/mol. The number of rotatable bonds is 8. The van der Waals surface area contributed by atoms with Crippen LogP contribution in [0.5, 0.6) is 6.01 Å². The highest BCUT2D eigenvalue weighted by molar-refractivity contribution is 5.32. The fourth-order valence-electron chi connectivity index (χ4n) is 1.47. The zero-order valence-electron chi connectivity index (χ0n) is 11.4. The van der Waals surface area contributed by atoms with E-state index < -0.39 is 0 Å². The van der Waals surface area contributed by atoms with E-state index in [2.05, 4.69) is 27.2 Å². The highest BCUT2D eigenvalue weighted by atomic mass is 16.5. The van der Waals surface area contributed by atoms with Gasteiger partial charge in [0.25, 0.3) is 0 Å². The minimum Gasteiger partial charge on any atom is -0.461 e. The maximum atomic E-state index is 5.60. The summed E-state index contributed by atoms with van der Waals surface area (Å²) in [4.78, 5) is 12.1. The van der Waals surface area contributed by atoms with Crippen molar-refractivity contribution in [1.29, 1.82) is 0 Å². The number of nitrogens with one attached hydrogen (secondary N) is 1. The van der Waals surface area contributed by atoms with Gasteiger partial charge < -0.3 is 15.8 Å². The molecule has 1 heterocycles. The van der Waals surface area contributed by atoms with E-state index in [9.17, 15) is 0 Å². The predicted octanol–water partition coefficient (Wildman–Crippen LogP) is 2.23. The molecule has 18 heavy (non-hydrogen) atoms. The summed E-state index contributed by atoms with van der Waals surface area (Å²) in [7, 11) is 0. The molecule has 0 aliphatic heterocycles. The van der Waals surface area contributed by atoms with Crippen molar-refractivity contribution in [2.75, 3.05) is 17.6 Å². The number of hydrogen-bond donors (Lipinski definition) is 2. The first-order valence-electron chi connectivity index (χ1n) is 6.54. The van der Waals surface area contributed by atoms with Crippen LogP contribution in [-0.2, 0) is 0 Å². The number of aromatic nitrogens is 3. The summed E-state index contributed by atoms with van der Waals surface area (Å²) in [6, 6.07) is 0.272. The molecule has 3 N–H and O–H groups in total. The van der Waals surface area contributed by atoms with Crippen LogP contribution in [0, 0.1) is 0 Å². The Hall–Kier alpha value is -1.59. The van der Waals surface area contributed by atoms with E-state index in [-0.39, 0.29) is 18.1 Å². The van der Waals surface area contributed by atoms with E-state index in [1.54, 1.807) is 0 Å². The predicted molar refractivity (Wildman–Crippen MR) is 72.6 cm³/mol. The van der Waals surface area contributed by atoms with Gasteiger partial charge in [-0.2, -0.15) is 15.0 Å². The van der Waals surface area contributed by atoms with Gasteiger partial charge in [-0.1, -0.05) is 26.2 Å². The molecule has 0 atom stereocenters. The van der Waals surface area contributed by atoms with Crippen molar-refractivity contribution in [1.82, 2.24) is 15.0 Å². The van der Waals surface area contributed by atoms with Gasteiger partial charge in [0.15, 0.2) is 0 Å². The molecule has 0 amide bonds. The molecule has 0 saturated heterocycles. The highest BCUT2D eigenvalue weighted by Gasteiger charge is 2.06. The van der Waals surface area contributed by atoms with Crippen LogP contribution in [0.15, 0.2) is 0 Å². The van der Waals surface area contributed by atoms with Crippen LogP contribution in [0.3, 0.4) is 0 Å². The molecule has 1 aromatic rings. The number of unbranched alkanes of at least 4 members (excludes halogenated alkanes) is 3. The van der Waals surface area contributed by atoms with Gasteiger partial charge in [0.1, 0.15) is 0 Å². The lowest BCUT2D eigenvalue weighted by Crippen LogP contribution is -2.13. The maximum Gasteiger partial charge on any atom is 0.323 e. The summed E-state index contributed by atoms with van der Waals surface area (Å²) in [5.41, 5.74) is 5.60. The molecule has 0 spiro atoms. The van der Waals surface area contributed by atoms with Crippen LogP contribution in [0.2, 0.25) is 0 Å². The monoisotopic (exact) mass is 253 g/mol. The number of nitrogens with two attached hydrogens (primary N) is 1. The van der Waals surface area contributed by atoms with Crippen molar-refractivity contribution >= 4 is 11.9 Å². The second-order valence-corrected chi connectivity index (χ2v) is 4.45. The summed E-state index contributed by atoms with van der Waals surface area (Å²) in [6.07, 6.45) is 4.80. The Labute approximate surface area is 108 Å². The van der Waals surface area contributed by atoms with E-state index in [1.807, 2.05) is 13.8 Å². The van der Waals surface area contributed by atoms with Crippen molar-refractivity contribution in [2.24, 2.45) is 0 Å². The SMILES string of the molecule is CCCCCCNc1nc(N)nc(OC(C)C)n1. The Morgan fingerprint density at radius 2 is 1.94 bits per heavy atom. The van der Waals surface area contributed by atoms with Crippen LogP contribution in [0.1, 0.15) is 46.5 Å². The van der Waals surface area contributed by atoms with Crippen molar-refractivity contribution in [2.45, 2.75) is 52.6 Å². The number of nitrogens with zero attached hydrogens (tertiary/aromatic N) is 3. The number of ether oxygens (including phenoxy) is 1. The first-order valence-corrected chi connectivity index (χ1v) is 6.54. The third kappa shape index (κ3) is 5.65. The molecule has 1 rings (SSSR count). The van der Waals surface area contributed by atoms with Crippen LogP contribution in [0.25, 0.3) is 0 Å². The Morgan fingerprint density at radius 3 is 2.61 bits per heavy atom. The van der Waals surface area contributed by atoms with Crippen molar-refractivity contribution in [3.05, 3.63) is 0 Å². The summed E-state index contributed by atoms with van der Waals surface area (Å²) >= 11 is 0. The van der Waals surface area contributed by atoms with Crippen LogP contribution >= 0.6 is 0 Å². The van der Waals surface area contributed by atoms with E-state index in [0.29, 0.717) is 5.95 Å².